The van der Waals surface area contributed by atoms with E-state index in [9.17, 15) is 9.59 Å². The molecule has 0 aromatic heterocycles. The monoisotopic (exact) mass is 344 g/mol. The SMILES string of the molecule is Cc1ccc(C(=O)N(NC(=O)c2ccccc2Cl)C(C)(C)C)cc1. The van der Waals surface area contributed by atoms with Gasteiger partial charge in [-0.1, -0.05) is 41.4 Å². The van der Waals surface area contributed by atoms with Gasteiger partial charge in [0.15, 0.2) is 0 Å². The van der Waals surface area contributed by atoms with Crippen LogP contribution in [0, 0.1) is 6.92 Å². The summed E-state index contributed by atoms with van der Waals surface area (Å²) in [6, 6.07) is 14.0. The molecular formula is C19H21ClN2O2. The molecule has 0 unspecified atom stereocenters. The molecule has 1 N–H and O–H groups in total. The Hall–Kier alpha value is -2.33. The van der Waals surface area contributed by atoms with E-state index in [1.807, 2.05) is 39.8 Å². The summed E-state index contributed by atoms with van der Waals surface area (Å²) in [6.07, 6.45) is 0. The van der Waals surface area contributed by atoms with Gasteiger partial charge in [-0.25, -0.2) is 5.01 Å². The fourth-order valence-corrected chi connectivity index (χ4v) is 2.38. The van der Waals surface area contributed by atoms with Crippen LogP contribution in [-0.2, 0) is 0 Å². The Morgan fingerprint density at radius 3 is 2.12 bits per heavy atom. The smallest absolute Gasteiger partial charge is 0.267 e. The van der Waals surface area contributed by atoms with Crippen molar-refractivity contribution in [2.45, 2.75) is 33.2 Å². The Bertz CT molecular complexity index is 749. The number of hydrogen-bond acceptors (Lipinski definition) is 2. The number of rotatable bonds is 2. The van der Waals surface area contributed by atoms with Crippen molar-refractivity contribution >= 4 is 23.4 Å². The third kappa shape index (κ3) is 4.15. The van der Waals surface area contributed by atoms with Crippen LogP contribution < -0.4 is 5.43 Å². The van der Waals surface area contributed by atoms with Gasteiger partial charge in [0, 0.05) is 5.56 Å². The highest BCUT2D eigenvalue weighted by Gasteiger charge is 2.30. The molecule has 0 bridgehead atoms. The number of benzene rings is 2. The van der Waals surface area contributed by atoms with Crippen molar-refractivity contribution < 1.29 is 9.59 Å². The van der Waals surface area contributed by atoms with Gasteiger partial charge in [-0.05, 0) is 52.0 Å². The third-order valence-electron chi connectivity index (χ3n) is 3.50. The predicted octanol–water partition coefficient (Wildman–Crippen LogP) is 4.23. The molecule has 0 aliphatic carbocycles. The van der Waals surface area contributed by atoms with Crippen LogP contribution in [0.5, 0.6) is 0 Å². The van der Waals surface area contributed by atoms with Crippen LogP contribution in [0.15, 0.2) is 48.5 Å². The zero-order chi connectivity index (χ0) is 17.9. The molecule has 0 atom stereocenters. The van der Waals surface area contributed by atoms with E-state index in [2.05, 4.69) is 5.43 Å². The summed E-state index contributed by atoms with van der Waals surface area (Å²) < 4.78 is 0. The lowest BCUT2D eigenvalue weighted by atomic mass is 10.1. The van der Waals surface area contributed by atoms with Crippen LogP contribution in [0.25, 0.3) is 0 Å². The second-order valence-corrected chi connectivity index (χ2v) is 7.01. The number of halogens is 1. The number of nitrogens with zero attached hydrogens (tertiary/aromatic N) is 1. The zero-order valence-corrected chi connectivity index (χ0v) is 15.0. The Morgan fingerprint density at radius 2 is 1.58 bits per heavy atom. The summed E-state index contributed by atoms with van der Waals surface area (Å²) in [7, 11) is 0. The van der Waals surface area contributed by atoms with Crippen LogP contribution in [0.4, 0.5) is 0 Å². The first-order valence-corrected chi connectivity index (χ1v) is 8.04. The van der Waals surface area contributed by atoms with Crippen LogP contribution in [0.3, 0.4) is 0 Å². The minimum absolute atomic E-state index is 0.275. The Kier molecular flexibility index (Phi) is 5.30. The minimum atomic E-state index is -0.598. The molecule has 2 amide bonds. The summed E-state index contributed by atoms with van der Waals surface area (Å²) in [4.78, 5) is 25.4. The highest BCUT2D eigenvalue weighted by Crippen LogP contribution is 2.19. The predicted molar refractivity (Wildman–Crippen MR) is 96.0 cm³/mol. The normalized spacial score (nSPS) is 11.0. The van der Waals surface area contributed by atoms with E-state index >= 15 is 0 Å². The maximum Gasteiger partial charge on any atom is 0.272 e. The summed E-state index contributed by atoms with van der Waals surface area (Å²) in [6.45, 7) is 7.51. The minimum Gasteiger partial charge on any atom is -0.267 e. The van der Waals surface area contributed by atoms with Crippen molar-refractivity contribution in [3.8, 4) is 0 Å². The molecule has 0 spiro atoms. The molecule has 0 radical (unpaired) electrons. The molecule has 0 saturated heterocycles. The standard InChI is InChI=1S/C19H21ClN2O2/c1-13-9-11-14(12-10-13)18(24)22(19(2,3)4)21-17(23)15-7-5-6-8-16(15)20/h5-12H,1-4H3,(H,21,23). The first-order chi connectivity index (χ1) is 11.2. The maximum atomic E-state index is 12.8. The molecule has 5 heteroatoms. The largest absolute Gasteiger partial charge is 0.272 e. The van der Waals surface area contributed by atoms with Gasteiger partial charge >= 0.3 is 0 Å². The number of carbonyl (C=O) groups is 2. The number of nitrogens with one attached hydrogen (secondary N) is 1. The maximum absolute atomic E-state index is 12.8. The second kappa shape index (κ2) is 7.05. The molecule has 2 aromatic rings. The van der Waals surface area contributed by atoms with Crippen molar-refractivity contribution in [1.29, 1.82) is 0 Å². The van der Waals surface area contributed by atoms with E-state index in [0.717, 1.165) is 5.56 Å². The van der Waals surface area contributed by atoms with E-state index in [0.29, 0.717) is 16.1 Å². The zero-order valence-electron chi connectivity index (χ0n) is 14.3. The fourth-order valence-electron chi connectivity index (χ4n) is 2.16. The van der Waals surface area contributed by atoms with Crippen molar-refractivity contribution in [3.05, 3.63) is 70.2 Å². The number of carbonyl (C=O) groups excluding carboxylic acids is 2. The second-order valence-electron chi connectivity index (χ2n) is 6.60. The average Bonchev–Trinajstić information content (AvgIpc) is 2.52. The van der Waals surface area contributed by atoms with Gasteiger partial charge in [-0.2, -0.15) is 0 Å². The molecule has 0 heterocycles. The van der Waals surface area contributed by atoms with Gasteiger partial charge in [0.25, 0.3) is 11.8 Å². The van der Waals surface area contributed by atoms with E-state index in [4.69, 9.17) is 11.6 Å². The summed E-state index contributed by atoms with van der Waals surface area (Å²) in [5.41, 5.74) is 3.99. The lowest BCUT2D eigenvalue weighted by Crippen LogP contribution is -2.55. The van der Waals surface area contributed by atoms with E-state index in [1.165, 1.54) is 5.01 Å². The summed E-state index contributed by atoms with van der Waals surface area (Å²) in [5, 5.41) is 1.68. The molecule has 4 nitrogen and oxygen atoms in total. The van der Waals surface area contributed by atoms with Crippen LogP contribution in [0.2, 0.25) is 5.02 Å². The lowest BCUT2D eigenvalue weighted by molar-refractivity contribution is 0.0358. The first kappa shape index (κ1) is 18.0. The Morgan fingerprint density at radius 1 is 1.00 bits per heavy atom. The van der Waals surface area contributed by atoms with Crippen LogP contribution in [0.1, 0.15) is 47.1 Å². The molecule has 24 heavy (non-hydrogen) atoms. The van der Waals surface area contributed by atoms with Crippen molar-refractivity contribution in [1.82, 2.24) is 10.4 Å². The first-order valence-electron chi connectivity index (χ1n) is 7.67. The summed E-state index contributed by atoms with van der Waals surface area (Å²) in [5.74, 6) is -0.695. The number of aryl methyl sites for hydroxylation is 1. The van der Waals surface area contributed by atoms with Gasteiger partial charge in [0.1, 0.15) is 0 Å². The molecule has 0 saturated carbocycles. The molecule has 2 aromatic carbocycles. The molecule has 0 aliphatic heterocycles. The van der Waals surface area contributed by atoms with Crippen molar-refractivity contribution in [2.75, 3.05) is 0 Å². The Labute approximate surface area is 147 Å². The molecule has 0 aliphatic rings. The van der Waals surface area contributed by atoms with Crippen LogP contribution in [-0.4, -0.2) is 22.4 Å². The van der Waals surface area contributed by atoms with E-state index in [-0.39, 0.29) is 5.91 Å². The van der Waals surface area contributed by atoms with Gasteiger partial charge < -0.3 is 0 Å². The highest BCUT2D eigenvalue weighted by molar-refractivity contribution is 6.33. The number of hydrazine groups is 1. The topological polar surface area (TPSA) is 49.4 Å². The van der Waals surface area contributed by atoms with Gasteiger partial charge in [-0.3, -0.25) is 15.0 Å². The molecule has 0 fully saturated rings. The Balaban J connectivity index is 2.29. The average molecular weight is 345 g/mol. The quantitative estimate of drug-likeness (QED) is 0.828. The summed E-state index contributed by atoms with van der Waals surface area (Å²) >= 11 is 6.07. The van der Waals surface area contributed by atoms with Gasteiger partial charge in [0.05, 0.1) is 16.1 Å². The fraction of sp³-hybridized carbons (Fsp3) is 0.263. The van der Waals surface area contributed by atoms with Crippen LogP contribution >= 0.6 is 11.6 Å². The van der Waals surface area contributed by atoms with Crippen molar-refractivity contribution in [2.24, 2.45) is 0 Å². The number of hydrogen-bond donors (Lipinski definition) is 1. The lowest BCUT2D eigenvalue weighted by Gasteiger charge is -2.35. The van der Waals surface area contributed by atoms with E-state index in [1.54, 1.807) is 36.4 Å². The molecule has 2 rings (SSSR count). The molecule has 126 valence electrons. The third-order valence-corrected chi connectivity index (χ3v) is 3.83. The highest BCUT2D eigenvalue weighted by atomic mass is 35.5. The number of amides is 2. The van der Waals surface area contributed by atoms with Gasteiger partial charge in [0.2, 0.25) is 0 Å². The van der Waals surface area contributed by atoms with Crippen molar-refractivity contribution in [3.63, 3.8) is 0 Å². The van der Waals surface area contributed by atoms with Gasteiger partial charge in [-0.15, -0.1) is 0 Å². The molecular weight excluding hydrogens is 324 g/mol. The van der Waals surface area contributed by atoms with E-state index < -0.39 is 11.4 Å².